The number of rotatable bonds is 3. The van der Waals surface area contributed by atoms with E-state index in [1.807, 2.05) is 44.2 Å². The summed E-state index contributed by atoms with van der Waals surface area (Å²) in [7, 11) is 0. The monoisotopic (exact) mass is 268 g/mol. The Labute approximate surface area is 118 Å². The quantitative estimate of drug-likeness (QED) is 0.675. The van der Waals surface area contributed by atoms with Crippen LogP contribution in [0.5, 0.6) is 0 Å². The van der Waals surface area contributed by atoms with E-state index in [9.17, 15) is 0 Å². The van der Waals surface area contributed by atoms with Crippen LogP contribution in [-0.2, 0) is 5.75 Å². The van der Waals surface area contributed by atoms with Crippen molar-refractivity contribution in [2.45, 2.75) is 24.5 Å². The van der Waals surface area contributed by atoms with Crippen LogP contribution in [0.1, 0.15) is 22.3 Å². The predicted octanol–water partition coefficient (Wildman–Crippen LogP) is 4.05. The molecule has 2 rings (SSSR count). The average molecular weight is 268 g/mol. The van der Waals surface area contributed by atoms with Gasteiger partial charge in [-0.05, 0) is 60.9 Å². The molecule has 0 aliphatic rings. The number of thioether (sulfide) groups is 1. The first-order chi connectivity index (χ1) is 9.10. The van der Waals surface area contributed by atoms with Gasteiger partial charge >= 0.3 is 0 Å². The lowest BCUT2D eigenvalue weighted by Gasteiger charge is -2.07. The Bertz CT molecular complexity index is 642. The lowest BCUT2D eigenvalue weighted by Crippen LogP contribution is -1.90. The summed E-state index contributed by atoms with van der Waals surface area (Å²) in [5.74, 6) is 0.904. The van der Waals surface area contributed by atoms with Gasteiger partial charge in [-0.3, -0.25) is 0 Å². The van der Waals surface area contributed by atoms with Crippen LogP contribution < -0.4 is 5.73 Å². The van der Waals surface area contributed by atoms with E-state index in [1.54, 1.807) is 11.8 Å². The summed E-state index contributed by atoms with van der Waals surface area (Å²) in [5.41, 5.74) is 10.9. The third kappa shape index (κ3) is 3.30. The SMILES string of the molecule is Cc1cc(SCc2ccc(C#N)cc2C)ccc1N. The third-order valence-electron chi connectivity index (χ3n) is 3.11. The molecule has 0 spiro atoms. The Morgan fingerprint density at radius 2 is 1.89 bits per heavy atom. The van der Waals surface area contributed by atoms with Gasteiger partial charge in [0.25, 0.3) is 0 Å². The maximum Gasteiger partial charge on any atom is 0.0991 e. The Kier molecular flexibility index (Phi) is 4.13. The van der Waals surface area contributed by atoms with Crippen molar-refractivity contribution in [1.82, 2.24) is 0 Å². The first kappa shape index (κ1) is 13.5. The molecule has 3 heteroatoms. The molecule has 2 aromatic rings. The summed E-state index contributed by atoms with van der Waals surface area (Å²) < 4.78 is 0. The second-order valence-electron chi connectivity index (χ2n) is 4.56. The Hall–Kier alpha value is -1.92. The van der Waals surface area contributed by atoms with E-state index in [2.05, 4.69) is 12.1 Å². The van der Waals surface area contributed by atoms with Gasteiger partial charge in [-0.15, -0.1) is 11.8 Å². The van der Waals surface area contributed by atoms with Crippen LogP contribution >= 0.6 is 11.8 Å². The van der Waals surface area contributed by atoms with Crippen LogP contribution in [0.15, 0.2) is 41.3 Å². The zero-order valence-corrected chi connectivity index (χ0v) is 11.9. The number of nitriles is 1. The molecule has 0 saturated heterocycles. The Morgan fingerprint density at radius 3 is 2.53 bits per heavy atom. The molecule has 2 nitrogen and oxygen atoms in total. The molecule has 0 heterocycles. The van der Waals surface area contributed by atoms with Gasteiger partial charge in [-0.1, -0.05) is 6.07 Å². The molecule has 0 bridgehead atoms. The van der Waals surface area contributed by atoms with E-state index in [-0.39, 0.29) is 0 Å². The standard InChI is InChI=1S/C16H16N2S/c1-11-7-13(9-17)3-4-14(11)10-19-15-5-6-16(18)12(2)8-15/h3-8H,10,18H2,1-2H3. The van der Waals surface area contributed by atoms with Gasteiger partial charge in [-0.2, -0.15) is 5.26 Å². The number of nitrogen functional groups attached to an aromatic ring is 1. The van der Waals surface area contributed by atoms with Crippen molar-refractivity contribution in [3.63, 3.8) is 0 Å². The zero-order valence-electron chi connectivity index (χ0n) is 11.1. The van der Waals surface area contributed by atoms with Crippen LogP contribution in [-0.4, -0.2) is 0 Å². The summed E-state index contributed by atoms with van der Waals surface area (Å²) in [4.78, 5) is 1.22. The van der Waals surface area contributed by atoms with Crippen molar-refractivity contribution in [2.75, 3.05) is 5.73 Å². The van der Waals surface area contributed by atoms with Gasteiger partial charge in [0.2, 0.25) is 0 Å². The minimum absolute atomic E-state index is 0.717. The largest absolute Gasteiger partial charge is 0.399 e. The highest BCUT2D eigenvalue weighted by atomic mass is 32.2. The molecule has 0 atom stereocenters. The normalized spacial score (nSPS) is 10.2. The first-order valence-electron chi connectivity index (χ1n) is 6.08. The molecule has 0 aliphatic heterocycles. The molecule has 0 aliphatic carbocycles. The molecule has 2 aromatic carbocycles. The molecule has 0 aromatic heterocycles. The first-order valence-corrected chi connectivity index (χ1v) is 7.07. The fourth-order valence-electron chi connectivity index (χ4n) is 1.83. The highest BCUT2D eigenvalue weighted by molar-refractivity contribution is 7.98. The van der Waals surface area contributed by atoms with Crippen LogP contribution in [0.2, 0.25) is 0 Å². The number of aryl methyl sites for hydroxylation is 2. The minimum atomic E-state index is 0.717. The smallest absolute Gasteiger partial charge is 0.0991 e. The lowest BCUT2D eigenvalue weighted by molar-refractivity contribution is 1.28. The Balaban J connectivity index is 2.10. The molecule has 0 saturated carbocycles. The number of nitrogens with two attached hydrogens (primary N) is 1. The zero-order chi connectivity index (χ0) is 13.8. The second kappa shape index (κ2) is 5.81. The number of nitrogens with zero attached hydrogens (tertiary/aromatic N) is 1. The maximum atomic E-state index is 8.85. The van der Waals surface area contributed by atoms with Crippen LogP contribution in [0.25, 0.3) is 0 Å². The van der Waals surface area contributed by atoms with Crippen molar-refractivity contribution >= 4 is 17.4 Å². The van der Waals surface area contributed by atoms with E-state index in [4.69, 9.17) is 11.0 Å². The fraction of sp³-hybridized carbons (Fsp3) is 0.188. The summed E-state index contributed by atoms with van der Waals surface area (Å²) in [6, 6.07) is 14.1. The number of hydrogen-bond acceptors (Lipinski definition) is 3. The molecule has 0 radical (unpaired) electrons. The van der Waals surface area contributed by atoms with Crippen LogP contribution in [0, 0.1) is 25.2 Å². The van der Waals surface area contributed by atoms with E-state index < -0.39 is 0 Å². The van der Waals surface area contributed by atoms with E-state index in [0.29, 0.717) is 0 Å². The van der Waals surface area contributed by atoms with E-state index in [1.165, 1.54) is 16.0 Å². The van der Waals surface area contributed by atoms with Gasteiger partial charge in [0.05, 0.1) is 11.6 Å². The molecular weight excluding hydrogens is 252 g/mol. The van der Waals surface area contributed by atoms with Crippen molar-refractivity contribution in [2.24, 2.45) is 0 Å². The molecule has 0 unspecified atom stereocenters. The highest BCUT2D eigenvalue weighted by Crippen LogP contribution is 2.27. The van der Waals surface area contributed by atoms with Gasteiger partial charge in [0.1, 0.15) is 0 Å². The van der Waals surface area contributed by atoms with Gasteiger partial charge in [-0.25, -0.2) is 0 Å². The number of anilines is 1. The highest BCUT2D eigenvalue weighted by Gasteiger charge is 2.02. The number of hydrogen-bond donors (Lipinski definition) is 1. The molecule has 0 amide bonds. The van der Waals surface area contributed by atoms with Crippen molar-refractivity contribution in [1.29, 1.82) is 5.26 Å². The molecule has 2 N–H and O–H groups in total. The lowest BCUT2D eigenvalue weighted by atomic mass is 10.1. The second-order valence-corrected chi connectivity index (χ2v) is 5.61. The topological polar surface area (TPSA) is 49.8 Å². The van der Waals surface area contributed by atoms with Crippen molar-refractivity contribution in [3.05, 3.63) is 58.7 Å². The van der Waals surface area contributed by atoms with Crippen molar-refractivity contribution in [3.8, 4) is 6.07 Å². The van der Waals surface area contributed by atoms with Crippen LogP contribution in [0.4, 0.5) is 5.69 Å². The van der Waals surface area contributed by atoms with Crippen LogP contribution in [0.3, 0.4) is 0 Å². The Morgan fingerprint density at radius 1 is 1.11 bits per heavy atom. The molecule has 0 fully saturated rings. The molecule has 96 valence electrons. The number of benzene rings is 2. The maximum absolute atomic E-state index is 8.85. The average Bonchev–Trinajstić information content (AvgIpc) is 2.41. The van der Waals surface area contributed by atoms with E-state index >= 15 is 0 Å². The van der Waals surface area contributed by atoms with Gasteiger partial charge in [0.15, 0.2) is 0 Å². The summed E-state index contributed by atoms with van der Waals surface area (Å²) in [5, 5.41) is 8.85. The van der Waals surface area contributed by atoms with Crippen molar-refractivity contribution < 1.29 is 0 Å². The third-order valence-corrected chi connectivity index (χ3v) is 4.15. The predicted molar refractivity (Wildman–Crippen MR) is 81.0 cm³/mol. The molecule has 19 heavy (non-hydrogen) atoms. The van der Waals surface area contributed by atoms with Gasteiger partial charge in [0, 0.05) is 16.3 Å². The minimum Gasteiger partial charge on any atom is -0.399 e. The summed E-state index contributed by atoms with van der Waals surface area (Å²) in [6.07, 6.45) is 0. The van der Waals surface area contributed by atoms with Gasteiger partial charge < -0.3 is 5.73 Å². The van der Waals surface area contributed by atoms with E-state index in [0.717, 1.165) is 22.6 Å². The summed E-state index contributed by atoms with van der Waals surface area (Å²) >= 11 is 1.79. The fourth-order valence-corrected chi connectivity index (χ4v) is 2.90. The molecular formula is C16H16N2S. The summed E-state index contributed by atoms with van der Waals surface area (Å²) in [6.45, 7) is 4.07.